The summed E-state index contributed by atoms with van der Waals surface area (Å²) in [5.41, 5.74) is -0.474. The molecule has 1 saturated carbocycles. The van der Waals surface area contributed by atoms with Crippen molar-refractivity contribution in [1.82, 2.24) is 9.97 Å². The summed E-state index contributed by atoms with van der Waals surface area (Å²) in [5, 5.41) is 3.09. The molecule has 0 unspecified atom stereocenters. The summed E-state index contributed by atoms with van der Waals surface area (Å²) in [5.74, 6) is -0.355. The molecule has 27 heavy (non-hydrogen) atoms. The summed E-state index contributed by atoms with van der Waals surface area (Å²) in [6.07, 6.45) is -1.24. The molecule has 1 heterocycles. The van der Waals surface area contributed by atoms with Crippen LogP contribution in [0.4, 0.5) is 19.1 Å². The molecular weight excluding hydrogens is 359 g/mol. The van der Waals surface area contributed by atoms with E-state index in [-0.39, 0.29) is 35.8 Å². The Morgan fingerprint density at radius 2 is 1.96 bits per heavy atom. The molecule has 0 aliphatic heterocycles. The van der Waals surface area contributed by atoms with Gasteiger partial charge in [-0.05, 0) is 42.9 Å². The first-order chi connectivity index (χ1) is 12.7. The molecular formula is C19H20F3N3O2. The smallest absolute Gasteiger partial charge is 0.353 e. The van der Waals surface area contributed by atoms with Gasteiger partial charge in [0.15, 0.2) is 5.78 Å². The number of halogens is 3. The third kappa shape index (κ3) is 4.75. The van der Waals surface area contributed by atoms with Gasteiger partial charge in [0.25, 0.3) is 5.56 Å². The van der Waals surface area contributed by atoms with Crippen molar-refractivity contribution in [3.8, 4) is 0 Å². The van der Waals surface area contributed by atoms with Crippen molar-refractivity contribution in [3.05, 3.63) is 57.5 Å². The molecule has 0 radical (unpaired) electrons. The molecule has 1 aromatic carbocycles. The van der Waals surface area contributed by atoms with E-state index >= 15 is 0 Å². The number of aromatic nitrogens is 2. The van der Waals surface area contributed by atoms with Crippen LogP contribution in [0.15, 0.2) is 35.1 Å². The number of nitrogens with one attached hydrogen (secondary N) is 2. The van der Waals surface area contributed by atoms with Crippen LogP contribution in [-0.2, 0) is 6.18 Å². The molecule has 0 spiro atoms. The third-order valence-electron chi connectivity index (χ3n) is 4.77. The second kappa shape index (κ2) is 7.54. The average molecular weight is 379 g/mol. The molecule has 0 amide bonds. The van der Waals surface area contributed by atoms with E-state index in [0.717, 1.165) is 37.5 Å². The quantitative estimate of drug-likeness (QED) is 0.740. The standard InChI is InChI=1S/C19H20F3N3O2/c1-11(12-5-7-13(8-6-12)19(20,21)22)9-16(26)15-10-17(27)25-18(24-15)23-14-3-2-4-14/h5-8,10-11,14H,2-4,9H2,1H3,(H2,23,24,25,27)/t11-/m0/s1. The van der Waals surface area contributed by atoms with E-state index in [9.17, 15) is 22.8 Å². The lowest BCUT2D eigenvalue weighted by Gasteiger charge is -2.26. The number of H-pyrrole nitrogens is 1. The number of ketones is 1. The van der Waals surface area contributed by atoms with Gasteiger partial charge in [-0.15, -0.1) is 0 Å². The average Bonchev–Trinajstić information content (AvgIpc) is 2.57. The fourth-order valence-corrected chi connectivity index (χ4v) is 2.92. The number of hydrogen-bond acceptors (Lipinski definition) is 4. The van der Waals surface area contributed by atoms with Crippen molar-refractivity contribution in [2.75, 3.05) is 5.32 Å². The molecule has 0 saturated heterocycles. The highest BCUT2D eigenvalue weighted by Crippen LogP contribution is 2.31. The maximum Gasteiger partial charge on any atom is 0.416 e. The number of carbonyl (C=O) groups is 1. The second-order valence-corrected chi connectivity index (χ2v) is 6.90. The summed E-state index contributed by atoms with van der Waals surface area (Å²) in [6.45, 7) is 1.75. The molecule has 3 rings (SSSR count). The summed E-state index contributed by atoms with van der Waals surface area (Å²) in [7, 11) is 0. The first-order valence-electron chi connectivity index (χ1n) is 8.80. The lowest BCUT2D eigenvalue weighted by molar-refractivity contribution is -0.137. The highest BCUT2D eigenvalue weighted by Gasteiger charge is 2.30. The van der Waals surface area contributed by atoms with Gasteiger partial charge in [-0.3, -0.25) is 14.6 Å². The number of benzene rings is 1. The van der Waals surface area contributed by atoms with Crippen LogP contribution >= 0.6 is 0 Å². The summed E-state index contributed by atoms with van der Waals surface area (Å²) >= 11 is 0. The van der Waals surface area contributed by atoms with Gasteiger partial charge in [0.1, 0.15) is 5.69 Å². The van der Waals surface area contributed by atoms with E-state index in [4.69, 9.17) is 0 Å². The number of Topliss-reactive ketones (excluding diaryl/α,β-unsaturated/α-hetero) is 1. The van der Waals surface area contributed by atoms with Crippen LogP contribution in [0.2, 0.25) is 0 Å². The zero-order valence-electron chi connectivity index (χ0n) is 14.8. The Kier molecular flexibility index (Phi) is 5.34. The second-order valence-electron chi connectivity index (χ2n) is 6.90. The minimum Gasteiger partial charge on any atom is -0.353 e. The van der Waals surface area contributed by atoms with Gasteiger partial charge in [0.05, 0.1) is 5.56 Å². The van der Waals surface area contributed by atoms with Gasteiger partial charge < -0.3 is 5.32 Å². The lowest BCUT2D eigenvalue weighted by Crippen LogP contribution is -2.29. The number of alkyl halides is 3. The van der Waals surface area contributed by atoms with Gasteiger partial charge in [0, 0.05) is 18.5 Å². The summed E-state index contributed by atoms with van der Waals surface area (Å²) < 4.78 is 37.9. The van der Waals surface area contributed by atoms with Crippen molar-refractivity contribution in [3.63, 3.8) is 0 Å². The Bertz CT molecular complexity index is 871. The first kappa shape index (κ1) is 19.1. The van der Waals surface area contributed by atoms with Gasteiger partial charge >= 0.3 is 6.18 Å². The topological polar surface area (TPSA) is 74.8 Å². The zero-order valence-corrected chi connectivity index (χ0v) is 14.8. The molecule has 144 valence electrons. The lowest BCUT2D eigenvalue weighted by atomic mass is 9.93. The maximum atomic E-state index is 12.6. The van der Waals surface area contributed by atoms with Crippen LogP contribution in [0.5, 0.6) is 0 Å². The minimum atomic E-state index is -4.39. The molecule has 2 aromatic rings. The number of nitrogens with zero attached hydrogens (tertiary/aromatic N) is 1. The predicted molar refractivity (Wildman–Crippen MR) is 94.9 cm³/mol. The molecule has 8 heteroatoms. The van der Waals surface area contributed by atoms with Crippen molar-refractivity contribution < 1.29 is 18.0 Å². The number of aromatic amines is 1. The predicted octanol–water partition coefficient (Wildman–Crippen LogP) is 4.13. The summed E-state index contributed by atoms with van der Waals surface area (Å²) in [6, 6.07) is 6.15. The van der Waals surface area contributed by atoms with E-state index in [0.29, 0.717) is 5.56 Å². The van der Waals surface area contributed by atoms with Crippen LogP contribution in [0.3, 0.4) is 0 Å². The Labute approximate surface area is 154 Å². The highest BCUT2D eigenvalue weighted by atomic mass is 19.4. The van der Waals surface area contributed by atoms with Crippen LogP contribution < -0.4 is 10.9 Å². The van der Waals surface area contributed by atoms with Crippen molar-refractivity contribution in [2.24, 2.45) is 0 Å². The fourth-order valence-electron chi connectivity index (χ4n) is 2.92. The largest absolute Gasteiger partial charge is 0.416 e. The number of hydrogen-bond donors (Lipinski definition) is 2. The zero-order chi connectivity index (χ0) is 19.6. The fraction of sp³-hybridized carbons (Fsp3) is 0.421. The van der Waals surface area contributed by atoms with E-state index in [1.54, 1.807) is 6.92 Å². The molecule has 5 nitrogen and oxygen atoms in total. The van der Waals surface area contributed by atoms with E-state index in [1.807, 2.05) is 0 Å². The van der Waals surface area contributed by atoms with E-state index < -0.39 is 17.3 Å². The van der Waals surface area contributed by atoms with Crippen LogP contribution in [-0.4, -0.2) is 21.8 Å². The van der Waals surface area contributed by atoms with Crippen molar-refractivity contribution >= 4 is 11.7 Å². The van der Waals surface area contributed by atoms with Crippen molar-refractivity contribution in [1.29, 1.82) is 0 Å². The van der Waals surface area contributed by atoms with E-state index in [1.165, 1.54) is 12.1 Å². The monoisotopic (exact) mass is 379 g/mol. The number of carbonyl (C=O) groups excluding carboxylic acids is 1. The maximum absolute atomic E-state index is 12.6. The highest BCUT2D eigenvalue weighted by molar-refractivity contribution is 5.94. The molecule has 1 aliphatic carbocycles. The van der Waals surface area contributed by atoms with Gasteiger partial charge in [-0.2, -0.15) is 13.2 Å². The Hall–Kier alpha value is -2.64. The summed E-state index contributed by atoms with van der Waals surface area (Å²) in [4.78, 5) is 31.1. The van der Waals surface area contributed by atoms with Crippen molar-refractivity contribution in [2.45, 2.75) is 50.7 Å². The van der Waals surface area contributed by atoms with Gasteiger partial charge in [-0.25, -0.2) is 4.98 Å². The van der Waals surface area contributed by atoms with Crippen LogP contribution in [0.25, 0.3) is 0 Å². The van der Waals surface area contributed by atoms with E-state index in [2.05, 4.69) is 15.3 Å². The molecule has 2 N–H and O–H groups in total. The molecule has 1 fully saturated rings. The van der Waals surface area contributed by atoms with Gasteiger partial charge in [-0.1, -0.05) is 19.1 Å². The van der Waals surface area contributed by atoms with Crippen LogP contribution in [0, 0.1) is 0 Å². The molecule has 1 aromatic heterocycles. The Morgan fingerprint density at radius 3 is 2.52 bits per heavy atom. The number of rotatable bonds is 6. The molecule has 1 atom stereocenters. The first-order valence-corrected chi connectivity index (χ1v) is 8.80. The third-order valence-corrected chi connectivity index (χ3v) is 4.77. The Morgan fingerprint density at radius 1 is 1.30 bits per heavy atom. The SMILES string of the molecule is C[C@@H](CC(=O)c1cc(=O)[nH]c(NC2CCC2)n1)c1ccc(C(F)(F)F)cc1. The molecule has 0 bridgehead atoms. The Balaban J connectivity index is 1.69. The van der Waals surface area contributed by atoms with Gasteiger partial charge in [0.2, 0.25) is 5.95 Å². The normalized spacial score (nSPS) is 15.9. The van der Waals surface area contributed by atoms with Crippen LogP contribution in [0.1, 0.15) is 60.1 Å². The number of anilines is 1. The molecule has 1 aliphatic rings. The minimum absolute atomic E-state index is 0.0463.